The lowest BCUT2D eigenvalue weighted by atomic mass is 9.84. The van der Waals surface area contributed by atoms with Crippen molar-refractivity contribution in [2.75, 3.05) is 13.7 Å². The number of rotatable bonds is 17. The zero-order chi connectivity index (χ0) is 39.5. The number of hydrogen-bond acceptors (Lipinski definition) is 6. The normalized spacial score (nSPS) is 20.1. The summed E-state index contributed by atoms with van der Waals surface area (Å²) in [5.74, 6) is 0.860. The first kappa shape index (κ1) is 39.7. The Morgan fingerprint density at radius 2 is 1.03 bits per heavy atom. The standard InChI is InChI=1S/C52H54O6/c1-37-45-24-15-25-46(45)43(30-38-26-28-44(53-2)29-27-38)31-47(37)49-51(56-34-41-20-11-5-12-21-41)52(57-35-42-22-13-6-14-23-42)50(55-33-40-18-9-4-10-19-40)48(58-49)36-54-32-39-16-7-3-8-17-39/h3-14,16-23,26-29,31,48-52H,15,24-25,30,32-36H2,1-2H3/t48-,49+,50+,51-,52+/m1/s1. The van der Waals surface area contributed by atoms with Crippen LogP contribution in [0, 0.1) is 6.92 Å². The van der Waals surface area contributed by atoms with Gasteiger partial charge in [-0.1, -0.05) is 140 Å². The lowest BCUT2D eigenvalue weighted by Gasteiger charge is -2.47. The zero-order valence-electron chi connectivity index (χ0n) is 33.6. The molecule has 8 rings (SSSR count). The molecule has 0 spiro atoms. The van der Waals surface area contributed by atoms with Gasteiger partial charge in [0.05, 0.1) is 40.1 Å². The highest BCUT2D eigenvalue weighted by atomic mass is 16.6. The van der Waals surface area contributed by atoms with Crippen LogP contribution in [-0.2, 0) is 69.4 Å². The lowest BCUT2D eigenvalue weighted by Crippen LogP contribution is -2.58. The van der Waals surface area contributed by atoms with Crippen LogP contribution in [-0.4, -0.2) is 38.1 Å². The van der Waals surface area contributed by atoms with Crippen LogP contribution in [0.3, 0.4) is 0 Å². The molecule has 0 N–H and O–H groups in total. The number of fused-ring (bicyclic) bond motifs is 1. The van der Waals surface area contributed by atoms with Crippen molar-refractivity contribution < 1.29 is 28.4 Å². The molecule has 6 heteroatoms. The van der Waals surface area contributed by atoms with E-state index < -0.39 is 30.5 Å². The highest BCUT2D eigenvalue weighted by Gasteiger charge is 2.49. The summed E-state index contributed by atoms with van der Waals surface area (Å²) in [6.07, 6.45) is 1.70. The van der Waals surface area contributed by atoms with Crippen molar-refractivity contribution in [1.82, 2.24) is 0 Å². The van der Waals surface area contributed by atoms with E-state index in [1.54, 1.807) is 7.11 Å². The molecular formula is C52H54O6. The van der Waals surface area contributed by atoms with Gasteiger partial charge < -0.3 is 28.4 Å². The van der Waals surface area contributed by atoms with Crippen LogP contribution in [0.4, 0.5) is 0 Å². The Bertz CT molecular complexity index is 2160. The molecule has 1 saturated heterocycles. The SMILES string of the molecule is COc1ccc(Cc2cc([C@@H]3O[C@H](COCc4ccccc4)[C@H](OCc4ccccc4)[C@H](OCc4ccccc4)[C@@H]3OCc3ccccc3)c(C)c3c2CCC3)cc1. The van der Waals surface area contributed by atoms with Crippen molar-refractivity contribution >= 4 is 0 Å². The van der Waals surface area contributed by atoms with Gasteiger partial charge in [0.2, 0.25) is 0 Å². The van der Waals surface area contributed by atoms with Crippen molar-refractivity contribution in [2.45, 2.75) is 89.6 Å². The quantitative estimate of drug-likeness (QED) is 0.0920. The van der Waals surface area contributed by atoms with E-state index in [2.05, 4.69) is 97.9 Å². The molecule has 1 aliphatic heterocycles. The third-order valence-electron chi connectivity index (χ3n) is 11.6. The van der Waals surface area contributed by atoms with Crippen LogP contribution in [0.15, 0.2) is 152 Å². The second kappa shape index (κ2) is 19.6. The van der Waals surface area contributed by atoms with Gasteiger partial charge in [0, 0.05) is 0 Å². The van der Waals surface area contributed by atoms with Crippen LogP contribution in [0.25, 0.3) is 0 Å². The minimum Gasteiger partial charge on any atom is -0.497 e. The molecule has 298 valence electrons. The van der Waals surface area contributed by atoms with E-state index in [1.807, 2.05) is 60.7 Å². The fraction of sp³-hybridized carbons (Fsp3) is 0.308. The topological polar surface area (TPSA) is 55.4 Å². The average molecular weight is 775 g/mol. The van der Waals surface area contributed by atoms with E-state index in [9.17, 15) is 0 Å². The van der Waals surface area contributed by atoms with Crippen LogP contribution < -0.4 is 4.74 Å². The maximum atomic E-state index is 7.40. The molecule has 0 radical (unpaired) electrons. The fourth-order valence-electron chi connectivity index (χ4n) is 8.53. The smallest absolute Gasteiger partial charge is 0.118 e. The van der Waals surface area contributed by atoms with Crippen molar-refractivity contribution in [2.24, 2.45) is 0 Å². The summed E-state index contributed by atoms with van der Waals surface area (Å²) in [5, 5.41) is 0. The molecule has 0 aromatic heterocycles. The van der Waals surface area contributed by atoms with Crippen LogP contribution in [0.5, 0.6) is 5.75 Å². The molecule has 6 aromatic rings. The van der Waals surface area contributed by atoms with Crippen molar-refractivity contribution in [3.63, 3.8) is 0 Å². The van der Waals surface area contributed by atoms with Gasteiger partial charge in [-0.2, -0.15) is 0 Å². The summed E-state index contributed by atoms with van der Waals surface area (Å²) in [6.45, 7) is 4.26. The maximum absolute atomic E-state index is 7.40. The molecule has 6 nitrogen and oxygen atoms in total. The Kier molecular flexibility index (Phi) is 13.4. The molecule has 6 aromatic carbocycles. The third-order valence-corrected chi connectivity index (χ3v) is 11.6. The Hall–Kier alpha value is -5.08. The van der Waals surface area contributed by atoms with E-state index in [1.165, 1.54) is 27.8 Å². The Labute approximate surface area is 343 Å². The summed E-state index contributed by atoms with van der Waals surface area (Å²) in [6, 6.07) is 52.1. The minimum atomic E-state index is -0.498. The molecule has 2 aliphatic rings. The van der Waals surface area contributed by atoms with E-state index in [4.69, 9.17) is 28.4 Å². The molecule has 0 bridgehead atoms. The van der Waals surface area contributed by atoms with E-state index >= 15 is 0 Å². The number of ether oxygens (including phenoxy) is 6. The summed E-state index contributed by atoms with van der Waals surface area (Å²) < 4.78 is 40.6. The maximum Gasteiger partial charge on any atom is 0.118 e. The second-order valence-corrected chi connectivity index (χ2v) is 15.5. The Morgan fingerprint density at radius 3 is 1.59 bits per heavy atom. The minimum absolute atomic E-state index is 0.324. The van der Waals surface area contributed by atoms with E-state index in [0.29, 0.717) is 33.0 Å². The molecule has 58 heavy (non-hydrogen) atoms. The lowest BCUT2D eigenvalue weighted by molar-refractivity contribution is -0.275. The molecule has 1 aliphatic carbocycles. The molecular weight excluding hydrogens is 721 g/mol. The van der Waals surface area contributed by atoms with Gasteiger partial charge in [-0.15, -0.1) is 0 Å². The van der Waals surface area contributed by atoms with Gasteiger partial charge >= 0.3 is 0 Å². The van der Waals surface area contributed by atoms with Gasteiger partial charge in [-0.3, -0.25) is 0 Å². The van der Waals surface area contributed by atoms with E-state index in [0.717, 1.165) is 59.3 Å². The summed E-state index contributed by atoms with van der Waals surface area (Å²) in [7, 11) is 1.71. The largest absolute Gasteiger partial charge is 0.497 e. The molecule has 0 unspecified atom stereocenters. The van der Waals surface area contributed by atoms with E-state index in [-0.39, 0.29) is 0 Å². The van der Waals surface area contributed by atoms with Gasteiger partial charge in [0.15, 0.2) is 0 Å². The predicted molar refractivity (Wildman–Crippen MR) is 228 cm³/mol. The highest BCUT2D eigenvalue weighted by molar-refractivity contribution is 5.51. The van der Waals surface area contributed by atoms with Gasteiger partial charge in [0.1, 0.15) is 36.3 Å². The number of hydrogen-bond donors (Lipinski definition) is 0. The van der Waals surface area contributed by atoms with Gasteiger partial charge in [0.25, 0.3) is 0 Å². The van der Waals surface area contributed by atoms with Crippen molar-refractivity contribution in [3.8, 4) is 5.75 Å². The first-order valence-electron chi connectivity index (χ1n) is 20.6. The van der Waals surface area contributed by atoms with Gasteiger partial charge in [-0.25, -0.2) is 0 Å². The monoisotopic (exact) mass is 774 g/mol. The van der Waals surface area contributed by atoms with Crippen molar-refractivity contribution in [1.29, 1.82) is 0 Å². The zero-order valence-corrected chi connectivity index (χ0v) is 33.6. The van der Waals surface area contributed by atoms with Crippen LogP contribution >= 0.6 is 0 Å². The Morgan fingerprint density at radius 1 is 0.534 bits per heavy atom. The summed E-state index contributed by atoms with van der Waals surface area (Å²) >= 11 is 0. The Balaban J connectivity index is 1.20. The summed E-state index contributed by atoms with van der Waals surface area (Å²) in [5.41, 5.74) is 12.3. The number of methoxy groups -OCH3 is 1. The van der Waals surface area contributed by atoms with Crippen molar-refractivity contribution in [3.05, 3.63) is 207 Å². The first-order valence-corrected chi connectivity index (χ1v) is 20.6. The molecule has 5 atom stereocenters. The predicted octanol–water partition coefficient (Wildman–Crippen LogP) is 10.5. The van der Waals surface area contributed by atoms with Gasteiger partial charge in [-0.05, 0) is 100 Å². The van der Waals surface area contributed by atoms with Crippen LogP contribution in [0.1, 0.15) is 68.2 Å². The molecule has 1 heterocycles. The number of benzene rings is 6. The highest BCUT2D eigenvalue weighted by Crippen LogP contribution is 2.43. The average Bonchev–Trinajstić information content (AvgIpc) is 3.79. The second-order valence-electron chi connectivity index (χ2n) is 15.5. The summed E-state index contributed by atoms with van der Waals surface area (Å²) in [4.78, 5) is 0. The first-order chi connectivity index (χ1) is 28.6. The molecule has 0 saturated carbocycles. The third kappa shape index (κ3) is 9.78. The molecule has 1 fully saturated rings. The fourth-order valence-corrected chi connectivity index (χ4v) is 8.53. The van der Waals surface area contributed by atoms with Crippen LogP contribution in [0.2, 0.25) is 0 Å². The molecule has 0 amide bonds.